The molecule has 1 aliphatic heterocycles. The predicted octanol–water partition coefficient (Wildman–Crippen LogP) is 1.58. The molecule has 0 aliphatic carbocycles. The fourth-order valence-electron chi connectivity index (χ4n) is 0.668. The molecule has 0 radical (unpaired) electrons. The Morgan fingerprint density at radius 3 is 2.00 bits per heavy atom. The largest absolute Gasteiger partial charge is 0.396 e. The van der Waals surface area contributed by atoms with Crippen LogP contribution in [0.2, 0.25) is 0 Å². The summed E-state index contributed by atoms with van der Waals surface area (Å²) >= 11 is 0. The first-order chi connectivity index (χ1) is 4.91. The van der Waals surface area contributed by atoms with Gasteiger partial charge in [0.2, 0.25) is 0 Å². The van der Waals surface area contributed by atoms with Gasteiger partial charge in [0.05, 0.1) is 0 Å². The molecule has 2 nitrogen and oxygen atoms in total. The van der Waals surface area contributed by atoms with Gasteiger partial charge in [0.1, 0.15) is 0 Å². The first-order valence-electron chi connectivity index (χ1n) is 4.10. The van der Waals surface area contributed by atoms with Crippen LogP contribution >= 0.6 is 0 Å². The van der Waals surface area contributed by atoms with Crippen molar-refractivity contribution in [3.05, 3.63) is 0 Å². The summed E-state index contributed by atoms with van der Waals surface area (Å²) in [5, 5.41) is 8.07. The van der Waals surface area contributed by atoms with Crippen LogP contribution in [0.5, 0.6) is 0 Å². The van der Waals surface area contributed by atoms with Gasteiger partial charge in [-0.05, 0) is 19.3 Å². The normalized spacial score (nSPS) is 16.2. The maximum Gasteiger partial charge on any atom is 0.0466 e. The molecule has 0 aromatic heterocycles. The molecule has 1 heterocycles. The average molecular weight is 146 g/mol. The molecule has 1 saturated heterocycles. The van der Waals surface area contributed by atoms with Crippen LogP contribution < -0.4 is 0 Å². The van der Waals surface area contributed by atoms with Crippen molar-refractivity contribution in [1.29, 1.82) is 0 Å². The van der Waals surface area contributed by atoms with Crippen molar-refractivity contribution in [2.75, 3.05) is 19.8 Å². The minimum atomic E-state index is 0.344. The highest BCUT2D eigenvalue weighted by Crippen LogP contribution is 1.98. The van der Waals surface area contributed by atoms with E-state index in [1.165, 1.54) is 12.8 Å². The van der Waals surface area contributed by atoms with Crippen LogP contribution in [0.3, 0.4) is 0 Å². The standard InChI is InChI=1S/C4H8O.C4H10O/c1-2-4-5-3-1;1-2-3-4-5/h1-4H2;5H,2-4H2,1H3. The third-order valence-electron chi connectivity index (χ3n) is 1.34. The summed E-state index contributed by atoms with van der Waals surface area (Å²) in [4.78, 5) is 0. The Morgan fingerprint density at radius 1 is 1.30 bits per heavy atom. The van der Waals surface area contributed by atoms with Crippen LogP contribution in [0.4, 0.5) is 0 Å². The summed E-state index contributed by atoms with van der Waals surface area (Å²) < 4.78 is 4.94. The van der Waals surface area contributed by atoms with Crippen LogP contribution in [0.1, 0.15) is 32.6 Å². The van der Waals surface area contributed by atoms with E-state index in [4.69, 9.17) is 9.84 Å². The molecule has 0 bridgehead atoms. The van der Waals surface area contributed by atoms with E-state index in [0.29, 0.717) is 6.61 Å². The second-order valence-corrected chi connectivity index (χ2v) is 2.40. The van der Waals surface area contributed by atoms with Crippen LogP contribution in [0.25, 0.3) is 0 Å². The van der Waals surface area contributed by atoms with E-state index in [2.05, 4.69) is 6.92 Å². The molecule has 2 heteroatoms. The van der Waals surface area contributed by atoms with E-state index in [9.17, 15) is 0 Å². The van der Waals surface area contributed by atoms with Crippen molar-refractivity contribution in [3.8, 4) is 0 Å². The lowest BCUT2D eigenvalue weighted by Crippen LogP contribution is -1.75. The third-order valence-corrected chi connectivity index (χ3v) is 1.34. The maximum absolute atomic E-state index is 8.07. The molecule has 0 aromatic carbocycles. The summed E-state index contributed by atoms with van der Waals surface area (Å²) in [6.45, 7) is 4.40. The highest BCUT2D eigenvalue weighted by molar-refractivity contribution is 4.43. The first kappa shape index (κ1) is 9.92. The van der Waals surface area contributed by atoms with Crippen LogP contribution in [-0.2, 0) is 4.74 Å². The average Bonchev–Trinajstić information content (AvgIpc) is 2.44. The smallest absolute Gasteiger partial charge is 0.0466 e. The van der Waals surface area contributed by atoms with E-state index in [1.807, 2.05) is 0 Å². The fraction of sp³-hybridized carbons (Fsp3) is 1.00. The van der Waals surface area contributed by atoms with Crippen molar-refractivity contribution >= 4 is 0 Å². The molecule has 1 aliphatic rings. The lowest BCUT2D eigenvalue weighted by atomic mass is 10.4. The van der Waals surface area contributed by atoms with Crippen LogP contribution in [0, 0.1) is 0 Å². The zero-order chi connectivity index (χ0) is 7.66. The van der Waals surface area contributed by atoms with Gasteiger partial charge in [-0.15, -0.1) is 0 Å². The van der Waals surface area contributed by atoms with Crippen molar-refractivity contribution < 1.29 is 9.84 Å². The molecule has 0 spiro atoms. The number of unbranched alkanes of at least 4 members (excludes halogenated alkanes) is 1. The maximum atomic E-state index is 8.07. The van der Waals surface area contributed by atoms with Crippen molar-refractivity contribution in [2.45, 2.75) is 32.6 Å². The highest BCUT2D eigenvalue weighted by Gasteiger charge is 1.94. The molecular weight excluding hydrogens is 128 g/mol. The van der Waals surface area contributed by atoms with Gasteiger partial charge in [0.25, 0.3) is 0 Å². The summed E-state index contributed by atoms with van der Waals surface area (Å²) in [6.07, 6.45) is 4.59. The third kappa shape index (κ3) is 7.92. The van der Waals surface area contributed by atoms with Gasteiger partial charge in [-0.1, -0.05) is 13.3 Å². The Labute approximate surface area is 63.2 Å². The van der Waals surface area contributed by atoms with Crippen LogP contribution in [-0.4, -0.2) is 24.9 Å². The molecule has 62 valence electrons. The molecule has 1 N–H and O–H groups in total. The zero-order valence-corrected chi connectivity index (χ0v) is 6.81. The molecule has 0 unspecified atom stereocenters. The lowest BCUT2D eigenvalue weighted by Gasteiger charge is -1.79. The predicted molar refractivity (Wildman–Crippen MR) is 42.0 cm³/mol. The Bertz CT molecular complexity index is 41.6. The van der Waals surface area contributed by atoms with E-state index in [-0.39, 0.29) is 0 Å². The van der Waals surface area contributed by atoms with Crippen molar-refractivity contribution in [3.63, 3.8) is 0 Å². The van der Waals surface area contributed by atoms with Crippen molar-refractivity contribution in [2.24, 2.45) is 0 Å². The van der Waals surface area contributed by atoms with Gasteiger partial charge in [0.15, 0.2) is 0 Å². The SMILES string of the molecule is C1CCOC1.CCCCO. The summed E-state index contributed by atoms with van der Waals surface area (Å²) in [6, 6.07) is 0. The molecular formula is C8H18O2. The van der Waals surface area contributed by atoms with Gasteiger partial charge in [-0.3, -0.25) is 0 Å². The number of ether oxygens (including phenoxy) is 1. The number of rotatable bonds is 2. The molecule has 0 aromatic rings. The number of aliphatic hydroxyl groups is 1. The van der Waals surface area contributed by atoms with Gasteiger partial charge >= 0.3 is 0 Å². The zero-order valence-electron chi connectivity index (χ0n) is 6.81. The quantitative estimate of drug-likeness (QED) is 0.641. The molecule has 0 saturated carbocycles. The first-order valence-corrected chi connectivity index (χ1v) is 4.10. The monoisotopic (exact) mass is 146 g/mol. The Balaban J connectivity index is 0.000000162. The Kier molecular flexibility index (Phi) is 8.85. The molecule has 1 fully saturated rings. The summed E-state index contributed by atoms with van der Waals surface area (Å²) in [7, 11) is 0. The number of hydrogen-bond donors (Lipinski definition) is 1. The van der Waals surface area contributed by atoms with Crippen molar-refractivity contribution in [1.82, 2.24) is 0 Å². The molecule has 1 rings (SSSR count). The van der Waals surface area contributed by atoms with Gasteiger partial charge in [0, 0.05) is 19.8 Å². The summed E-state index contributed by atoms with van der Waals surface area (Å²) in [5.74, 6) is 0. The second-order valence-electron chi connectivity index (χ2n) is 2.40. The minimum Gasteiger partial charge on any atom is -0.396 e. The second kappa shape index (κ2) is 8.92. The number of hydrogen-bond acceptors (Lipinski definition) is 2. The molecule has 0 atom stereocenters. The van der Waals surface area contributed by atoms with E-state index in [0.717, 1.165) is 26.1 Å². The Hall–Kier alpha value is -0.0800. The lowest BCUT2D eigenvalue weighted by molar-refractivity contribution is 0.198. The highest BCUT2D eigenvalue weighted by atomic mass is 16.5. The molecule has 0 amide bonds. The topological polar surface area (TPSA) is 29.5 Å². The van der Waals surface area contributed by atoms with E-state index < -0.39 is 0 Å². The molecule has 10 heavy (non-hydrogen) atoms. The van der Waals surface area contributed by atoms with Gasteiger partial charge in [-0.2, -0.15) is 0 Å². The summed E-state index contributed by atoms with van der Waals surface area (Å²) in [5.41, 5.74) is 0. The van der Waals surface area contributed by atoms with Gasteiger partial charge in [-0.25, -0.2) is 0 Å². The van der Waals surface area contributed by atoms with E-state index in [1.54, 1.807) is 0 Å². The number of aliphatic hydroxyl groups excluding tert-OH is 1. The minimum absolute atomic E-state index is 0.344. The van der Waals surface area contributed by atoms with Crippen LogP contribution in [0.15, 0.2) is 0 Å². The van der Waals surface area contributed by atoms with Gasteiger partial charge < -0.3 is 9.84 Å². The van der Waals surface area contributed by atoms with E-state index >= 15 is 0 Å². The Morgan fingerprint density at radius 2 is 1.90 bits per heavy atom. The fourth-order valence-corrected chi connectivity index (χ4v) is 0.668.